The fourth-order valence-electron chi connectivity index (χ4n) is 4.01. The molecule has 1 aromatic carbocycles. The number of aliphatic hydroxyl groups excluding tert-OH is 1. The summed E-state index contributed by atoms with van der Waals surface area (Å²) in [4.78, 5) is 11.8. The molecule has 3 nitrogen and oxygen atoms in total. The van der Waals surface area contributed by atoms with Gasteiger partial charge in [0, 0.05) is 12.2 Å². The number of carbonyl (C=O) groups excluding carboxylic acids is 1. The lowest BCUT2D eigenvalue weighted by Gasteiger charge is -2.29. The van der Waals surface area contributed by atoms with Gasteiger partial charge in [-0.15, -0.1) is 0 Å². The molecule has 2 rings (SSSR count). The molecular formula is C23H34O3. The average molecular weight is 359 g/mol. The van der Waals surface area contributed by atoms with Gasteiger partial charge < -0.3 is 9.84 Å². The molecule has 0 atom stereocenters. The first kappa shape index (κ1) is 20.7. The van der Waals surface area contributed by atoms with Crippen molar-refractivity contribution in [3.63, 3.8) is 0 Å². The second-order valence-corrected chi connectivity index (χ2v) is 7.72. The molecule has 1 aromatic rings. The predicted octanol–water partition coefficient (Wildman–Crippen LogP) is 5.30. The molecule has 0 amide bonds. The lowest BCUT2D eigenvalue weighted by molar-refractivity contribution is -0.140. The van der Waals surface area contributed by atoms with Gasteiger partial charge in [0.15, 0.2) is 0 Å². The Bertz CT molecular complexity index is 597. The summed E-state index contributed by atoms with van der Waals surface area (Å²) in [6.07, 6.45) is 9.33. The van der Waals surface area contributed by atoms with Crippen LogP contribution in [0.3, 0.4) is 0 Å². The zero-order chi connectivity index (χ0) is 18.9. The van der Waals surface area contributed by atoms with E-state index in [4.69, 9.17) is 9.84 Å². The Hall–Kier alpha value is -1.61. The largest absolute Gasteiger partial charge is 0.457 e. The summed E-state index contributed by atoms with van der Waals surface area (Å²) < 4.78 is 5.40. The first-order valence-corrected chi connectivity index (χ1v) is 10.1. The highest BCUT2D eigenvalue weighted by Crippen LogP contribution is 2.38. The van der Waals surface area contributed by atoms with Crippen molar-refractivity contribution < 1.29 is 14.6 Å². The molecule has 1 aliphatic carbocycles. The Kier molecular flexibility index (Phi) is 8.37. The molecule has 3 heteroatoms. The smallest absolute Gasteiger partial charge is 0.333 e. The summed E-state index contributed by atoms with van der Waals surface area (Å²) in [6.45, 7) is 8.04. The van der Waals surface area contributed by atoms with Gasteiger partial charge in [0.25, 0.3) is 0 Å². The third-order valence-corrected chi connectivity index (χ3v) is 5.56. The van der Waals surface area contributed by atoms with Gasteiger partial charge in [-0.1, -0.05) is 44.5 Å². The van der Waals surface area contributed by atoms with Crippen LogP contribution in [0.25, 0.3) is 0 Å². The van der Waals surface area contributed by atoms with E-state index in [2.05, 4.69) is 31.7 Å². The van der Waals surface area contributed by atoms with Crippen LogP contribution in [-0.4, -0.2) is 17.7 Å². The monoisotopic (exact) mass is 358 g/mol. The maximum Gasteiger partial charge on any atom is 0.333 e. The number of benzene rings is 1. The van der Waals surface area contributed by atoms with Crippen LogP contribution in [0.1, 0.15) is 81.4 Å². The van der Waals surface area contributed by atoms with Crippen LogP contribution in [0.2, 0.25) is 0 Å². The van der Waals surface area contributed by atoms with E-state index in [1.165, 1.54) is 44.1 Å². The van der Waals surface area contributed by atoms with Gasteiger partial charge in [0.1, 0.15) is 6.61 Å². The fourth-order valence-corrected chi connectivity index (χ4v) is 4.01. The van der Waals surface area contributed by atoms with E-state index in [9.17, 15) is 4.79 Å². The van der Waals surface area contributed by atoms with E-state index >= 15 is 0 Å². The van der Waals surface area contributed by atoms with Gasteiger partial charge in [-0.05, 0) is 74.0 Å². The van der Waals surface area contributed by atoms with Crippen LogP contribution in [0.15, 0.2) is 30.4 Å². The standard InChI is InChI=1S/C23H34O3/c1-4-6-18-8-10-20(11-9-18)21-13-12-19(7-5-14-24)22(15-21)16-26-23(25)17(2)3/h12-13,15,18,20,24H,2,4-11,14,16H2,1,3H3. The second-order valence-electron chi connectivity index (χ2n) is 7.72. The van der Waals surface area contributed by atoms with E-state index in [0.717, 1.165) is 29.9 Å². The average Bonchev–Trinajstić information content (AvgIpc) is 2.65. The van der Waals surface area contributed by atoms with Crippen molar-refractivity contribution in [1.29, 1.82) is 0 Å². The van der Waals surface area contributed by atoms with Crippen LogP contribution >= 0.6 is 0 Å². The minimum atomic E-state index is -0.344. The molecule has 0 heterocycles. The van der Waals surface area contributed by atoms with E-state index in [0.29, 0.717) is 11.5 Å². The number of carbonyl (C=O) groups is 1. The summed E-state index contributed by atoms with van der Waals surface area (Å²) in [5.41, 5.74) is 4.03. The molecule has 1 aliphatic rings. The molecule has 0 unspecified atom stereocenters. The van der Waals surface area contributed by atoms with Gasteiger partial charge in [0.2, 0.25) is 0 Å². The maximum absolute atomic E-state index is 11.8. The number of hydrogen-bond donors (Lipinski definition) is 1. The highest BCUT2D eigenvalue weighted by molar-refractivity contribution is 5.86. The number of ether oxygens (including phenoxy) is 1. The molecule has 0 spiro atoms. The van der Waals surface area contributed by atoms with E-state index in [1.807, 2.05) is 0 Å². The maximum atomic E-state index is 11.8. The normalized spacial score (nSPS) is 20.0. The summed E-state index contributed by atoms with van der Waals surface area (Å²) in [7, 11) is 0. The van der Waals surface area contributed by atoms with Crippen molar-refractivity contribution in [1.82, 2.24) is 0 Å². The minimum Gasteiger partial charge on any atom is -0.457 e. The summed E-state index contributed by atoms with van der Waals surface area (Å²) in [6, 6.07) is 6.62. The molecule has 0 saturated heterocycles. The minimum absolute atomic E-state index is 0.175. The summed E-state index contributed by atoms with van der Waals surface area (Å²) in [5, 5.41) is 9.14. The topological polar surface area (TPSA) is 46.5 Å². The Balaban J connectivity index is 2.09. The first-order chi connectivity index (χ1) is 12.5. The Morgan fingerprint density at radius 3 is 2.58 bits per heavy atom. The molecule has 1 N–H and O–H groups in total. The number of esters is 1. The van der Waals surface area contributed by atoms with Crippen molar-refractivity contribution in [2.45, 2.75) is 77.7 Å². The highest BCUT2D eigenvalue weighted by atomic mass is 16.5. The molecule has 26 heavy (non-hydrogen) atoms. The molecule has 0 bridgehead atoms. The first-order valence-electron chi connectivity index (χ1n) is 10.1. The summed E-state index contributed by atoms with van der Waals surface area (Å²) >= 11 is 0. The third-order valence-electron chi connectivity index (χ3n) is 5.56. The highest BCUT2D eigenvalue weighted by Gasteiger charge is 2.22. The number of hydrogen-bond acceptors (Lipinski definition) is 3. The Labute approximate surface area is 158 Å². The third kappa shape index (κ3) is 5.98. The van der Waals surface area contributed by atoms with E-state index in [1.54, 1.807) is 6.92 Å². The van der Waals surface area contributed by atoms with Gasteiger partial charge in [-0.2, -0.15) is 0 Å². The van der Waals surface area contributed by atoms with Gasteiger partial charge in [-0.3, -0.25) is 0 Å². The van der Waals surface area contributed by atoms with Crippen LogP contribution in [0.5, 0.6) is 0 Å². The number of rotatable bonds is 9. The van der Waals surface area contributed by atoms with Gasteiger partial charge >= 0.3 is 5.97 Å². The van der Waals surface area contributed by atoms with Gasteiger partial charge in [0.05, 0.1) is 0 Å². The summed E-state index contributed by atoms with van der Waals surface area (Å²) in [5.74, 6) is 1.17. The molecule has 1 saturated carbocycles. The zero-order valence-electron chi connectivity index (χ0n) is 16.4. The van der Waals surface area contributed by atoms with Crippen molar-refractivity contribution in [2.75, 3.05) is 6.61 Å². The molecular weight excluding hydrogens is 324 g/mol. The van der Waals surface area contributed by atoms with Crippen LogP contribution in [0.4, 0.5) is 0 Å². The Morgan fingerprint density at radius 2 is 1.96 bits per heavy atom. The van der Waals surface area contributed by atoms with E-state index < -0.39 is 0 Å². The number of aliphatic hydroxyl groups is 1. The second kappa shape index (κ2) is 10.5. The molecule has 0 aliphatic heterocycles. The molecule has 0 radical (unpaired) electrons. The lowest BCUT2D eigenvalue weighted by atomic mass is 9.77. The van der Waals surface area contributed by atoms with Crippen LogP contribution in [-0.2, 0) is 22.6 Å². The molecule has 1 fully saturated rings. The molecule has 144 valence electrons. The van der Waals surface area contributed by atoms with Crippen LogP contribution in [0, 0.1) is 5.92 Å². The lowest BCUT2D eigenvalue weighted by Crippen LogP contribution is -2.14. The van der Waals surface area contributed by atoms with Crippen molar-refractivity contribution in [2.24, 2.45) is 5.92 Å². The zero-order valence-corrected chi connectivity index (χ0v) is 16.4. The van der Waals surface area contributed by atoms with E-state index in [-0.39, 0.29) is 19.2 Å². The van der Waals surface area contributed by atoms with Crippen molar-refractivity contribution >= 4 is 5.97 Å². The molecule has 0 aromatic heterocycles. The SMILES string of the molecule is C=C(C)C(=O)OCc1cc(C2CCC(CCC)CC2)ccc1CCCO. The fraction of sp³-hybridized carbons (Fsp3) is 0.609. The van der Waals surface area contributed by atoms with Crippen molar-refractivity contribution in [3.05, 3.63) is 47.0 Å². The van der Waals surface area contributed by atoms with Crippen LogP contribution < -0.4 is 0 Å². The van der Waals surface area contributed by atoms with Crippen molar-refractivity contribution in [3.8, 4) is 0 Å². The number of aryl methyl sites for hydroxylation is 1. The quantitative estimate of drug-likeness (QED) is 0.481. The Morgan fingerprint density at radius 1 is 1.23 bits per heavy atom. The predicted molar refractivity (Wildman–Crippen MR) is 106 cm³/mol. The van der Waals surface area contributed by atoms with Gasteiger partial charge in [-0.25, -0.2) is 4.79 Å².